The highest BCUT2D eigenvalue weighted by molar-refractivity contribution is 5.72. The van der Waals surface area contributed by atoms with Gasteiger partial charge in [-0.15, -0.1) is 0 Å². The lowest BCUT2D eigenvalue weighted by atomic mass is 10.3. The van der Waals surface area contributed by atoms with Gasteiger partial charge in [0.1, 0.15) is 6.17 Å². The summed E-state index contributed by atoms with van der Waals surface area (Å²) in [6.45, 7) is 7.93. The van der Waals surface area contributed by atoms with Crippen LogP contribution in [-0.4, -0.2) is 50.2 Å². The minimum Gasteiger partial charge on any atom is -0.355 e. The van der Waals surface area contributed by atoms with Crippen LogP contribution in [0.2, 0.25) is 0 Å². The third kappa shape index (κ3) is 2.96. The van der Waals surface area contributed by atoms with E-state index in [-0.39, 0.29) is 5.91 Å². The lowest BCUT2D eigenvalue weighted by Gasteiger charge is -2.23. The Morgan fingerprint density at radius 3 is 2.93 bits per heavy atom. The second-order valence-electron chi connectivity index (χ2n) is 4.04. The van der Waals surface area contributed by atoms with Gasteiger partial charge in [-0.05, 0) is 0 Å². The molecule has 1 rings (SSSR count). The molecule has 2 atom stereocenters. The fourth-order valence-corrected chi connectivity index (χ4v) is 2.20. The molecule has 1 heterocycles. The highest BCUT2D eigenvalue weighted by atomic mass is 16.1. The fraction of sp³-hybridized carbons (Fsp3) is 0.900. The van der Waals surface area contributed by atoms with E-state index in [1.54, 1.807) is 11.8 Å². The summed E-state index contributed by atoms with van der Waals surface area (Å²) in [5, 5.41) is 2.84. The van der Waals surface area contributed by atoms with Crippen molar-refractivity contribution < 1.29 is 9.69 Å². The van der Waals surface area contributed by atoms with E-state index in [4.69, 9.17) is 0 Å². The summed E-state index contributed by atoms with van der Waals surface area (Å²) in [7, 11) is 2.24. The van der Waals surface area contributed by atoms with Crippen molar-refractivity contribution in [2.45, 2.75) is 26.4 Å². The molecule has 0 aromatic rings. The normalized spacial score (nSPS) is 27.9. The van der Waals surface area contributed by atoms with Crippen molar-refractivity contribution in [2.24, 2.45) is 0 Å². The predicted octanol–water partition coefficient (Wildman–Crippen LogP) is -1.31. The molecule has 0 spiro atoms. The Balaban J connectivity index is 2.26. The maximum atomic E-state index is 10.7. The van der Waals surface area contributed by atoms with Crippen molar-refractivity contribution >= 4 is 5.91 Å². The van der Waals surface area contributed by atoms with Gasteiger partial charge in [-0.1, -0.05) is 6.92 Å². The van der Waals surface area contributed by atoms with Gasteiger partial charge in [-0.25, -0.2) is 4.90 Å². The third-order valence-corrected chi connectivity index (χ3v) is 2.96. The first-order valence-electron chi connectivity index (χ1n) is 5.46. The minimum atomic E-state index is 0.0675. The molecule has 0 radical (unpaired) electrons. The summed E-state index contributed by atoms with van der Waals surface area (Å²) in [5.74, 6) is 0.0675. The Morgan fingerprint density at radius 1 is 1.64 bits per heavy atom. The standard InChI is InChI=1S/C10H21N3O/c1-4-10-12(3)7-8-13(10)6-5-11-9(2)14/h10H,4-8H2,1-3H3,(H,11,14)/p+1. The number of carbonyl (C=O) groups is 1. The molecule has 0 bridgehead atoms. The first-order valence-corrected chi connectivity index (χ1v) is 5.46. The van der Waals surface area contributed by atoms with Gasteiger partial charge in [-0.3, -0.25) is 4.79 Å². The molecule has 1 aliphatic rings. The number of carbonyl (C=O) groups excluding carboxylic acids is 1. The first kappa shape index (κ1) is 11.5. The van der Waals surface area contributed by atoms with E-state index in [0.717, 1.165) is 19.6 Å². The smallest absolute Gasteiger partial charge is 0.216 e. The molecule has 4 nitrogen and oxygen atoms in total. The van der Waals surface area contributed by atoms with Crippen molar-refractivity contribution in [1.29, 1.82) is 0 Å². The van der Waals surface area contributed by atoms with Crippen LogP contribution in [0.4, 0.5) is 0 Å². The first-order chi connectivity index (χ1) is 6.65. The zero-order valence-electron chi connectivity index (χ0n) is 9.47. The van der Waals surface area contributed by atoms with Gasteiger partial charge in [0.05, 0.1) is 20.1 Å². The topological polar surface area (TPSA) is 36.8 Å². The molecule has 0 aromatic carbocycles. The lowest BCUT2D eigenvalue weighted by Crippen LogP contribution is -3.11. The zero-order valence-corrected chi connectivity index (χ0v) is 9.47. The van der Waals surface area contributed by atoms with E-state index in [2.05, 4.69) is 24.2 Å². The van der Waals surface area contributed by atoms with Crippen molar-refractivity contribution in [3.8, 4) is 0 Å². The lowest BCUT2D eigenvalue weighted by molar-refractivity contribution is -0.898. The van der Waals surface area contributed by atoms with E-state index in [1.807, 2.05) is 0 Å². The van der Waals surface area contributed by atoms with Crippen LogP contribution in [0.5, 0.6) is 0 Å². The SMILES string of the molecule is CCC1N(CCNC(C)=O)CC[NH+]1C. The Kier molecular flexibility index (Phi) is 4.35. The summed E-state index contributed by atoms with van der Waals surface area (Å²) in [4.78, 5) is 14.8. The average Bonchev–Trinajstić information content (AvgIpc) is 2.46. The van der Waals surface area contributed by atoms with E-state index in [9.17, 15) is 4.79 Å². The number of rotatable bonds is 4. The van der Waals surface area contributed by atoms with E-state index < -0.39 is 0 Å². The quantitative estimate of drug-likeness (QED) is 0.591. The highest BCUT2D eigenvalue weighted by Gasteiger charge is 2.30. The number of hydrogen-bond acceptors (Lipinski definition) is 2. The second-order valence-corrected chi connectivity index (χ2v) is 4.04. The molecule has 14 heavy (non-hydrogen) atoms. The summed E-state index contributed by atoms with van der Waals surface area (Å²) in [6, 6.07) is 0. The van der Waals surface area contributed by atoms with Gasteiger partial charge < -0.3 is 10.2 Å². The molecule has 1 saturated heterocycles. The number of nitrogens with zero attached hydrogens (tertiary/aromatic N) is 1. The second kappa shape index (κ2) is 5.32. The fourth-order valence-electron chi connectivity index (χ4n) is 2.20. The number of amides is 1. The van der Waals surface area contributed by atoms with Crippen molar-refractivity contribution in [1.82, 2.24) is 10.2 Å². The minimum absolute atomic E-state index is 0.0675. The van der Waals surface area contributed by atoms with Crippen LogP contribution in [0.3, 0.4) is 0 Å². The summed E-state index contributed by atoms with van der Waals surface area (Å²) in [6.07, 6.45) is 1.83. The monoisotopic (exact) mass is 200 g/mol. The molecule has 1 amide bonds. The molecule has 0 aromatic heterocycles. The van der Waals surface area contributed by atoms with Gasteiger partial charge in [0.15, 0.2) is 0 Å². The van der Waals surface area contributed by atoms with Crippen LogP contribution < -0.4 is 10.2 Å². The van der Waals surface area contributed by atoms with Crippen molar-refractivity contribution in [2.75, 3.05) is 33.2 Å². The van der Waals surface area contributed by atoms with Gasteiger partial charge in [0.25, 0.3) is 0 Å². The largest absolute Gasteiger partial charge is 0.355 e. The molecule has 0 aliphatic carbocycles. The Morgan fingerprint density at radius 2 is 2.36 bits per heavy atom. The van der Waals surface area contributed by atoms with Crippen LogP contribution >= 0.6 is 0 Å². The Bertz CT molecular complexity index is 196. The van der Waals surface area contributed by atoms with Gasteiger partial charge >= 0.3 is 0 Å². The maximum Gasteiger partial charge on any atom is 0.216 e. The van der Waals surface area contributed by atoms with Gasteiger partial charge in [-0.2, -0.15) is 0 Å². The molecular weight excluding hydrogens is 178 g/mol. The molecule has 1 fully saturated rings. The Labute approximate surface area is 86.2 Å². The molecule has 2 N–H and O–H groups in total. The predicted molar refractivity (Wildman–Crippen MR) is 56.1 cm³/mol. The van der Waals surface area contributed by atoms with Crippen LogP contribution in [0.15, 0.2) is 0 Å². The van der Waals surface area contributed by atoms with Crippen molar-refractivity contribution in [3.63, 3.8) is 0 Å². The average molecular weight is 200 g/mol. The van der Waals surface area contributed by atoms with Crippen molar-refractivity contribution in [3.05, 3.63) is 0 Å². The van der Waals surface area contributed by atoms with Crippen LogP contribution in [-0.2, 0) is 4.79 Å². The van der Waals surface area contributed by atoms with Crippen LogP contribution in [0, 0.1) is 0 Å². The summed E-state index contributed by atoms with van der Waals surface area (Å²) < 4.78 is 0. The summed E-state index contributed by atoms with van der Waals surface area (Å²) in [5.41, 5.74) is 0. The number of quaternary nitrogens is 1. The van der Waals surface area contributed by atoms with E-state index >= 15 is 0 Å². The van der Waals surface area contributed by atoms with Gasteiger partial charge in [0.2, 0.25) is 5.91 Å². The summed E-state index contributed by atoms with van der Waals surface area (Å²) >= 11 is 0. The molecule has 2 unspecified atom stereocenters. The molecule has 4 heteroatoms. The molecule has 0 saturated carbocycles. The Hall–Kier alpha value is -0.610. The van der Waals surface area contributed by atoms with Crippen LogP contribution in [0.1, 0.15) is 20.3 Å². The molecular formula is C10H22N3O+. The number of nitrogens with one attached hydrogen (secondary N) is 2. The van der Waals surface area contributed by atoms with Crippen LogP contribution in [0.25, 0.3) is 0 Å². The number of hydrogen-bond donors (Lipinski definition) is 2. The van der Waals surface area contributed by atoms with E-state index in [0.29, 0.717) is 6.17 Å². The molecule has 1 aliphatic heterocycles. The highest BCUT2D eigenvalue weighted by Crippen LogP contribution is 2.00. The maximum absolute atomic E-state index is 10.7. The van der Waals surface area contributed by atoms with E-state index in [1.165, 1.54) is 13.0 Å². The third-order valence-electron chi connectivity index (χ3n) is 2.96. The zero-order chi connectivity index (χ0) is 10.6. The van der Waals surface area contributed by atoms with Gasteiger partial charge in [0, 0.05) is 26.4 Å². The molecule has 82 valence electrons. The number of likely N-dealkylation sites (N-methyl/N-ethyl adjacent to an activating group) is 1.